The van der Waals surface area contributed by atoms with Crippen LogP contribution in [-0.2, 0) is 26.5 Å². The molecule has 0 aliphatic carbocycles. The lowest BCUT2D eigenvalue weighted by molar-refractivity contribution is 0.102. The summed E-state index contributed by atoms with van der Waals surface area (Å²) in [6.45, 7) is 0.317. The molecule has 0 saturated heterocycles. The molecule has 0 radical (unpaired) electrons. The van der Waals surface area contributed by atoms with Crippen LogP contribution >= 0.6 is 0 Å². The minimum atomic E-state index is -3.68. The summed E-state index contributed by atoms with van der Waals surface area (Å²) in [6, 6.07) is 8.19. The van der Waals surface area contributed by atoms with Gasteiger partial charge >= 0.3 is 0 Å². The zero-order valence-electron chi connectivity index (χ0n) is 15.1. The van der Waals surface area contributed by atoms with E-state index in [0.717, 1.165) is 24.1 Å². The lowest BCUT2D eigenvalue weighted by Crippen LogP contribution is -2.27. The third kappa shape index (κ3) is 4.42. The summed E-state index contributed by atoms with van der Waals surface area (Å²) >= 11 is 0. The van der Waals surface area contributed by atoms with Gasteiger partial charge in [-0.05, 0) is 48.4 Å². The predicted molar refractivity (Wildman–Crippen MR) is 105 cm³/mol. The Hall–Kier alpha value is -2.66. The Balaban J connectivity index is 1.82. The van der Waals surface area contributed by atoms with Crippen LogP contribution in [0.4, 0.5) is 21.5 Å². The third-order valence-electron chi connectivity index (χ3n) is 4.11. The number of amides is 1. The topological polar surface area (TPSA) is 113 Å². The van der Waals surface area contributed by atoms with Crippen molar-refractivity contribution in [1.29, 1.82) is 0 Å². The lowest BCUT2D eigenvalue weighted by Gasteiger charge is -2.16. The molecule has 0 bridgehead atoms. The van der Waals surface area contributed by atoms with Crippen molar-refractivity contribution in [2.75, 3.05) is 33.4 Å². The fraction of sp³-hybridized carbons (Fsp3) is 0.235. The second kappa shape index (κ2) is 7.06. The first-order valence-electron chi connectivity index (χ1n) is 8.13. The van der Waals surface area contributed by atoms with Crippen LogP contribution in [0.3, 0.4) is 0 Å². The highest BCUT2D eigenvalue weighted by Crippen LogP contribution is 2.31. The fourth-order valence-electron chi connectivity index (χ4n) is 2.94. The van der Waals surface area contributed by atoms with Crippen LogP contribution in [0, 0.1) is 5.82 Å². The van der Waals surface area contributed by atoms with Gasteiger partial charge in [-0.2, -0.15) is 0 Å². The summed E-state index contributed by atoms with van der Waals surface area (Å²) in [6.07, 6.45) is 2.50. The first kappa shape index (κ1) is 20.1. The summed E-state index contributed by atoms with van der Waals surface area (Å²) in [5.74, 6) is -1.26. The van der Waals surface area contributed by atoms with Crippen LogP contribution in [0.15, 0.2) is 36.4 Å². The summed E-state index contributed by atoms with van der Waals surface area (Å²) in [5, 5.41) is 2.57. The minimum Gasteiger partial charge on any atom is -0.322 e. The number of carbonyl (C=O) groups excluding carboxylic acids is 1. The normalized spacial score (nSPS) is 13.9. The molecule has 0 unspecified atom stereocenters. The molecule has 8 nitrogen and oxygen atoms in total. The van der Waals surface area contributed by atoms with Gasteiger partial charge in [0.15, 0.2) is 0 Å². The second-order valence-corrected chi connectivity index (χ2v) is 10.1. The standard InChI is InChI=1S/C17H18FN3O5S2/c1-27(23,24)20-15-10-13(4-5-14(15)18)19-17(22)12-3-6-16-11(9-12)7-8-21(16)28(2,25)26/h3-6,9-10,20H,7-8H2,1-2H3,(H,19,22). The van der Waals surface area contributed by atoms with Crippen LogP contribution in [0.1, 0.15) is 15.9 Å². The van der Waals surface area contributed by atoms with Crippen molar-refractivity contribution >= 4 is 43.0 Å². The van der Waals surface area contributed by atoms with Crippen molar-refractivity contribution in [3.05, 3.63) is 53.3 Å². The number of benzene rings is 2. The number of hydrogen-bond acceptors (Lipinski definition) is 5. The van der Waals surface area contributed by atoms with Crippen LogP contribution in [0.5, 0.6) is 0 Å². The Kier molecular flexibility index (Phi) is 5.06. The Morgan fingerprint density at radius 2 is 1.79 bits per heavy atom. The van der Waals surface area contributed by atoms with E-state index >= 15 is 0 Å². The smallest absolute Gasteiger partial charge is 0.255 e. The molecule has 1 aliphatic rings. The van der Waals surface area contributed by atoms with E-state index in [2.05, 4.69) is 5.32 Å². The Labute approximate surface area is 162 Å². The van der Waals surface area contributed by atoms with E-state index in [1.165, 1.54) is 22.5 Å². The molecule has 0 fully saturated rings. The molecule has 1 amide bonds. The summed E-state index contributed by atoms with van der Waals surface area (Å²) in [4.78, 5) is 12.5. The van der Waals surface area contributed by atoms with Gasteiger partial charge in [-0.1, -0.05) is 0 Å². The average Bonchev–Trinajstić information content (AvgIpc) is 3.00. The number of sulfonamides is 2. The van der Waals surface area contributed by atoms with Crippen LogP contribution < -0.4 is 14.3 Å². The number of rotatable bonds is 5. The zero-order chi connectivity index (χ0) is 20.7. The van der Waals surface area contributed by atoms with Crippen molar-refractivity contribution in [2.24, 2.45) is 0 Å². The minimum absolute atomic E-state index is 0.204. The number of nitrogens with zero attached hydrogens (tertiary/aromatic N) is 1. The first-order chi connectivity index (χ1) is 12.9. The van der Waals surface area contributed by atoms with E-state index in [9.17, 15) is 26.0 Å². The largest absolute Gasteiger partial charge is 0.322 e. The van der Waals surface area contributed by atoms with Crippen molar-refractivity contribution in [1.82, 2.24) is 0 Å². The Morgan fingerprint density at radius 3 is 2.43 bits per heavy atom. The third-order valence-corrected chi connectivity index (χ3v) is 5.89. The first-order valence-corrected chi connectivity index (χ1v) is 11.9. The maximum absolute atomic E-state index is 13.8. The molecule has 150 valence electrons. The van der Waals surface area contributed by atoms with Gasteiger partial charge in [0, 0.05) is 17.8 Å². The summed E-state index contributed by atoms with van der Waals surface area (Å²) in [7, 11) is -7.06. The van der Waals surface area contributed by atoms with E-state index in [-0.39, 0.29) is 11.4 Å². The van der Waals surface area contributed by atoms with Crippen molar-refractivity contribution in [2.45, 2.75) is 6.42 Å². The van der Waals surface area contributed by atoms with Crippen molar-refractivity contribution in [3.63, 3.8) is 0 Å². The number of hydrogen-bond donors (Lipinski definition) is 2. The quantitative estimate of drug-likeness (QED) is 0.755. The number of halogens is 1. The highest BCUT2D eigenvalue weighted by molar-refractivity contribution is 7.92. The molecule has 3 rings (SSSR count). The summed E-state index contributed by atoms with van der Waals surface area (Å²) < 4.78 is 63.2. The lowest BCUT2D eigenvalue weighted by atomic mass is 10.1. The molecule has 2 aromatic rings. The van der Waals surface area contributed by atoms with E-state index in [4.69, 9.17) is 0 Å². The van der Waals surface area contributed by atoms with Crippen LogP contribution in [-0.4, -0.2) is 41.8 Å². The molecule has 2 aromatic carbocycles. The Bertz CT molecular complexity index is 1160. The number of fused-ring (bicyclic) bond motifs is 1. The molecule has 1 aliphatic heterocycles. The van der Waals surface area contributed by atoms with E-state index in [1.54, 1.807) is 12.1 Å². The van der Waals surface area contributed by atoms with E-state index in [1.807, 2.05) is 4.72 Å². The molecule has 0 saturated carbocycles. The highest BCUT2D eigenvalue weighted by atomic mass is 32.2. The SMILES string of the molecule is CS(=O)(=O)Nc1cc(NC(=O)c2ccc3c(c2)CCN3S(C)(=O)=O)ccc1F. The number of carbonyl (C=O) groups is 1. The van der Waals surface area contributed by atoms with Gasteiger partial charge in [0.25, 0.3) is 5.91 Å². The van der Waals surface area contributed by atoms with Gasteiger partial charge in [-0.15, -0.1) is 0 Å². The van der Waals surface area contributed by atoms with Crippen molar-refractivity contribution < 1.29 is 26.0 Å². The molecule has 28 heavy (non-hydrogen) atoms. The van der Waals surface area contributed by atoms with E-state index < -0.39 is 31.8 Å². The van der Waals surface area contributed by atoms with Crippen LogP contribution in [0.25, 0.3) is 0 Å². The van der Waals surface area contributed by atoms with Gasteiger partial charge in [0.1, 0.15) is 5.82 Å². The van der Waals surface area contributed by atoms with Gasteiger partial charge in [0.05, 0.1) is 23.9 Å². The molecule has 1 heterocycles. The van der Waals surface area contributed by atoms with E-state index in [0.29, 0.717) is 24.2 Å². The number of nitrogens with one attached hydrogen (secondary N) is 2. The molecular weight excluding hydrogens is 409 g/mol. The van der Waals surface area contributed by atoms with Gasteiger partial charge in [0.2, 0.25) is 20.0 Å². The summed E-state index contributed by atoms with van der Waals surface area (Å²) in [5.41, 5.74) is 1.50. The van der Waals surface area contributed by atoms with Gasteiger partial charge < -0.3 is 5.32 Å². The molecule has 0 atom stereocenters. The fourth-order valence-corrected chi connectivity index (χ4v) is 4.46. The second-order valence-electron chi connectivity index (χ2n) is 6.45. The zero-order valence-corrected chi connectivity index (χ0v) is 16.7. The average molecular weight is 427 g/mol. The molecule has 2 N–H and O–H groups in total. The number of anilines is 3. The maximum Gasteiger partial charge on any atom is 0.255 e. The monoisotopic (exact) mass is 427 g/mol. The van der Waals surface area contributed by atoms with Gasteiger partial charge in [-0.25, -0.2) is 21.2 Å². The van der Waals surface area contributed by atoms with Crippen LogP contribution in [0.2, 0.25) is 0 Å². The van der Waals surface area contributed by atoms with Crippen molar-refractivity contribution in [3.8, 4) is 0 Å². The molecule has 0 aromatic heterocycles. The highest BCUT2D eigenvalue weighted by Gasteiger charge is 2.26. The van der Waals surface area contributed by atoms with Gasteiger partial charge in [-0.3, -0.25) is 13.8 Å². The predicted octanol–water partition coefficient (Wildman–Crippen LogP) is 1.77. The molecule has 11 heteroatoms. The maximum atomic E-state index is 13.8. The Morgan fingerprint density at radius 1 is 1.07 bits per heavy atom. The molecule has 0 spiro atoms. The molecular formula is C17H18FN3O5S2.